The number of esters is 1. The minimum atomic E-state index is -0.245. The van der Waals surface area contributed by atoms with Crippen LogP contribution in [0.4, 0.5) is 0 Å². The van der Waals surface area contributed by atoms with Crippen molar-refractivity contribution < 1.29 is 14.3 Å². The molecule has 1 fully saturated rings. The third kappa shape index (κ3) is 2.79. The predicted octanol–water partition coefficient (Wildman–Crippen LogP) is 1.45. The fraction of sp³-hybridized carbons (Fsp3) is 0.857. The van der Waals surface area contributed by atoms with Crippen LogP contribution in [0.15, 0.2) is 0 Å². The molecule has 0 N–H and O–H groups in total. The van der Waals surface area contributed by atoms with Gasteiger partial charge in [-0.3, -0.25) is 4.79 Å². The van der Waals surface area contributed by atoms with Crippen LogP contribution in [-0.2, 0) is 14.3 Å². The minimum Gasteiger partial charge on any atom is -0.459 e. The zero-order valence-corrected chi connectivity index (χ0v) is 7.96. The number of carbonyl (C=O) groups excluding carboxylic acids is 1. The van der Waals surface area contributed by atoms with E-state index in [0.29, 0.717) is 0 Å². The van der Waals surface area contributed by atoms with Gasteiger partial charge in [-0.15, -0.1) is 0 Å². The molecule has 1 heterocycles. The fourth-order valence-corrected chi connectivity index (χ4v) is 1.60. The van der Waals surface area contributed by atoms with Crippen LogP contribution in [0.25, 0.3) is 0 Å². The lowest BCUT2D eigenvalue weighted by Crippen LogP contribution is -2.32. The summed E-state index contributed by atoms with van der Waals surface area (Å²) in [5, 5.41) is -0.125. The van der Waals surface area contributed by atoms with Gasteiger partial charge in [-0.25, -0.2) is 0 Å². The smallest absolute Gasteiger partial charge is 0.303 e. The highest BCUT2D eigenvalue weighted by Gasteiger charge is 2.25. The van der Waals surface area contributed by atoms with Crippen LogP contribution in [0.1, 0.15) is 19.8 Å². The Morgan fingerprint density at radius 3 is 3.00 bits per heavy atom. The molecular weight excluding hydrogens is 212 g/mol. The zero-order valence-electron chi connectivity index (χ0n) is 6.38. The fourth-order valence-electron chi connectivity index (χ4n) is 1.04. The van der Waals surface area contributed by atoms with Gasteiger partial charge in [0.2, 0.25) is 0 Å². The Balaban J connectivity index is 2.35. The van der Waals surface area contributed by atoms with Crippen LogP contribution in [0, 0.1) is 0 Å². The molecular formula is C7H11BrO3. The van der Waals surface area contributed by atoms with Gasteiger partial charge in [0.1, 0.15) is 11.1 Å². The van der Waals surface area contributed by atoms with Gasteiger partial charge in [-0.1, -0.05) is 15.9 Å². The number of ether oxygens (including phenoxy) is 2. The second kappa shape index (κ2) is 4.07. The second-order valence-corrected chi connectivity index (χ2v) is 3.41. The Bertz CT molecular complexity index is 149. The first-order valence-electron chi connectivity index (χ1n) is 3.63. The molecule has 0 bridgehead atoms. The number of hydrogen-bond donors (Lipinski definition) is 0. The Hall–Kier alpha value is -0.0900. The number of alkyl halides is 1. The predicted molar refractivity (Wildman–Crippen MR) is 43.5 cm³/mol. The molecule has 0 saturated carbocycles. The van der Waals surface area contributed by atoms with E-state index in [-0.39, 0.29) is 17.1 Å². The van der Waals surface area contributed by atoms with Gasteiger partial charge < -0.3 is 9.47 Å². The molecule has 2 atom stereocenters. The average molecular weight is 223 g/mol. The molecule has 3 nitrogen and oxygen atoms in total. The highest BCUT2D eigenvalue weighted by atomic mass is 79.9. The van der Waals surface area contributed by atoms with Gasteiger partial charge in [-0.2, -0.15) is 0 Å². The highest BCUT2D eigenvalue weighted by Crippen LogP contribution is 2.21. The average Bonchev–Trinajstić information content (AvgIpc) is 1.93. The van der Waals surface area contributed by atoms with Crippen molar-refractivity contribution in [3.8, 4) is 0 Å². The summed E-state index contributed by atoms with van der Waals surface area (Å²) in [4.78, 5) is 10.6. The van der Waals surface area contributed by atoms with E-state index in [1.54, 1.807) is 0 Å². The Morgan fingerprint density at radius 1 is 1.73 bits per heavy atom. The summed E-state index contributed by atoms with van der Waals surface area (Å²) in [7, 11) is 0. The van der Waals surface area contributed by atoms with Crippen molar-refractivity contribution in [2.75, 3.05) is 6.61 Å². The third-order valence-corrected chi connectivity index (χ3v) is 2.37. The van der Waals surface area contributed by atoms with Gasteiger partial charge in [-0.05, 0) is 12.8 Å². The first-order valence-corrected chi connectivity index (χ1v) is 4.54. The summed E-state index contributed by atoms with van der Waals surface area (Å²) in [6.07, 6.45) is 1.73. The van der Waals surface area contributed by atoms with Crippen molar-refractivity contribution in [2.24, 2.45) is 0 Å². The van der Waals surface area contributed by atoms with Crippen LogP contribution < -0.4 is 0 Å². The largest absolute Gasteiger partial charge is 0.459 e. The summed E-state index contributed by atoms with van der Waals surface area (Å²) >= 11 is 3.28. The summed E-state index contributed by atoms with van der Waals surface area (Å²) in [5.41, 5.74) is 0. The second-order valence-electron chi connectivity index (χ2n) is 2.51. The van der Waals surface area contributed by atoms with E-state index in [4.69, 9.17) is 9.47 Å². The molecule has 1 saturated heterocycles. The number of rotatable bonds is 1. The van der Waals surface area contributed by atoms with E-state index in [2.05, 4.69) is 15.9 Å². The van der Waals surface area contributed by atoms with Gasteiger partial charge in [0, 0.05) is 13.5 Å². The molecule has 1 aliphatic rings. The van der Waals surface area contributed by atoms with E-state index >= 15 is 0 Å². The lowest BCUT2D eigenvalue weighted by atomic mass is 10.2. The van der Waals surface area contributed by atoms with E-state index in [0.717, 1.165) is 19.4 Å². The standard InChI is InChI=1S/C7H11BrO3/c1-5(9)11-6-3-2-4-10-7(6)8/h6-7H,2-4H2,1H3/t6-,7+/m0/s1. The molecule has 0 aliphatic carbocycles. The molecule has 0 aromatic carbocycles. The van der Waals surface area contributed by atoms with Crippen LogP contribution in [0.3, 0.4) is 0 Å². The Morgan fingerprint density at radius 2 is 2.45 bits per heavy atom. The molecule has 0 aromatic heterocycles. The topological polar surface area (TPSA) is 35.5 Å². The normalized spacial score (nSPS) is 31.5. The SMILES string of the molecule is CC(=O)O[C@H]1CCCO[C@H]1Br. The van der Waals surface area contributed by atoms with Crippen LogP contribution in [0.2, 0.25) is 0 Å². The molecule has 11 heavy (non-hydrogen) atoms. The Labute approximate surface area is 74.2 Å². The minimum absolute atomic E-state index is 0.110. The number of halogens is 1. The molecule has 0 spiro atoms. The van der Waals surface area contributed by atoms with Crippen molar-refractivity contribution in [3.63, 3.8) is 0 Å². The van der Waals surface area contributed by atoms with E-state index in [1.165, 1.54) is 6.92 Å². The van der Waals surface area contributed by atoms with Crippen molar-refractivity contribution >= 4 is 21.9 Å². The highest BCUT2D eigenvalue weighted by molar-refractivity contribution is 9.09. The Kier molecular flexibility index (Phi) is 3.33. The lowest BCUT2D eigenvalue weighted by molar-refractivity contribution is -0.154. The molecule has 1 rings (SSSR count). The maximum absolute atomic E-state index is 10.6. The maximum atomic E-state index is 10.6. The quantitative estimate of drug-likeness (QED) is 0.498. The van der Waals surface area contributed by atoms with Crippen molar-refractivity contribution in [3.05, 3.63) is 0 Å². The lowest BCUT2D eigenvalue weighted by Gasteiger charge is -2.26. The van der Waals surface area contributed by atoms with Crippen molar-refractivity contribution in [1.29, 1.82) is 0 Å². The summed E-state index contributed by atoms with van der Waals surface area (Å²) in [6.45, 7) is 2.15. The van der Waals surface area contributed by atoms with Gasteiger partial charge >= 0.3 is 5.97 Å². The monoisotopic (exact) mass is 222 g/mol. The van der Waals surface area contributed by atoms with Gasteiger partial charge in [0.15, 0.2) is 0 Å². The summed E-state index contributed by atoms with van der Waals surface area (Å²) in [5.74, 6) is -0.245. The van der Waals surface area contributed by atoms with E-state index < -0.39 is 0 Å². The summed E-state index contributed by atoms with van der Waals surface area (Å²) in [6, 6.07) is 0. The van der Waals surface area contributed by atoms with Crippen LogP contribution >= 0.6 is 15.9 Å². The maximum Gasteiger partial charge on any atom is 0.303 e. The van der Waals surface area contributed by atoms with Crippen LogP contribution in [-0.4, -0.2) is 23.7 Å². The van der Waals surface area contributed by atoms with Crippen LogP contribution in [0.5, 0.6) is 0 Å². The van der Waals surface area contributed by atoms with Crippen molar-refractivity contribution in [1.82, 2.24) is 0 Å². The van der Waals surface area contributed by atoms with Crippen molar-refractivity contribution in [2.45, 2.75) is 30.9 Å². The molecule has 0 radical (unpaired) electrons. The third-order valence-electron chi connectivity index (χ3n) is 1.52. The first kappa shape index (κ1) is 9.00. The summed E-state index contributed by atoms with van der Waals surface area (Å²) < 4.78 is 10.2. The molecule has 0 unspecified atom stereocenters. The molecule has 0 amide bonds. The number of carbonyl (C=O) groups is 1. The zero-order chi connectivity index (χ0) is 8.27. The van der Waals surface area contributed by atoms with Gasteiger partial charge in [0.25, 0.3) is 0 Å². The number of hydrogen-bond acceptors (Lipinski definition) is 3. The molecule has 0 aromatic rings. The first-order chi connectivity index (χ1) is 5.20. The van der Waals surface area contributed by atoms with E-state index in [1.807, 2.05) is 0 Å². The van der Waals surface area contributed by atoms with Gasteiger partial charge in [0.05, 0.1) is 0 Å². The molecule has 4 heteroatoms. The molecule has 64 valence electrons. The molecule has 1 aliphatic heterocycles. The van der Waals surface area contributed by atoms with E-state index in [9.17, 15) is 4.79 Å².